The second kappa shape index (κ2) is 5.41. The van der Waals surface area contributed by atoms with Crippen molar-refractivity contribution in [3.05, 3.63) is 28.2 Å². The minimum atomic E-state index is -0.473. The quantitative estimate of drug-likeness (QED) is 0.824. The van der Waals surface area contributed by atoms with Crippen LogP contribution in [0.4, 0.5) is 10.5 Å². The summed E-state index contributed by atoms with van der Waals surface area (Å²) in [5.74, 6) is 0. The molecule has 0 saturated carbocycles. The number of nitrogens with one attached hydrogen (secondary N) is 2. The van der Waals surface area contributed by atoms with Crippen LogP contribution in [-0.4, -0.2) is 18.2 Å². The zero-order chi connectivity index (χ0) is 14.0. The third-order valence-corrected chi connectivity index (χ3v) is 3.32. The molecule has 1 aliphatic rings. The van der Waals surface area contributed by atoms with Crippen LogP contribution in [0.3, 0.4) is 0 Å². The van der Waals surface area contributed by atoms with Crippen LogP contribution in [0.15, 0.2) is 22.7 Å². The number of halogens is 1. The fourth-order valence-electron chi connectivity index (χ4n) is 2.09. The topological polar surface area (TPSA) is 50.4 Å². The third-order valence-electron chi connectivity index (χ3n) is 2.83. The largest absolute Gasteiger partial charge is 0.444 e. The van der Waals surface area contributed by atoms with Crippen molar-refractivity contribution in [3.63, 3.8) is 0 Å². The number of fused-ring (bicyclic) bond motifs is 1. The monoisotopic (exact) mass is 326 g/mol. The van der Waals surface area contributed by atoms with Gasteiger partial charge in [-0.3, -0.25) is 0 Å². The highest BCUT2D eigenvalue weighted by molar-refractivity contribution is 9.10. The number of alkyl carbamates (subject to hydrolysis) is 1. The first-order chi connectivity index (χ1) is 8.85. The Morgan fingerprint density at radius 2 is 2.21 bits per heavy atom. The van der Waals surface area contributed by atoms with E-state index in [2.05, 4.69) is 26.6 Å². The number of hydrogen-bond acceptors (Lipinski definition) is 3. The molecule has 0 aromatic heterocycles. The van der Waals surface area contributed by atoms with E-state index in [1.165, 1.54) is 0 Å². The highest BCUT2D eigenvalue weighted by atomic mass is 79.9. The molecular formula is C14H19BrN2O2. The van der Waals surface area contributed by atoms with Gasteiger partial charge in [0.15, 0.2) is 0 Å². The number of rotatable bonds is 1. The van der Waals surface area contributed by atoms with Gasteiger partial charge >= 0.3 is 6.09 Å². The summed E-state index contributed by atoms with van der Waals surface area (Å²) in [5, 5.41) is 6.27. The Labute approximate surface area is 122 Å². The molecule has 0 aliphatic carbocycles. The Hall–Kier alpha value is -1.23. The van der Waals surface area contributed by atoms with Crippen molar-refractivity contribution in [1.82, 2.24) is 5.32 Å². The third kappa shape index (κ3) is 3.86. The summed E-state index contributed by atoms with van der Waals surface area (Å²) >= 11 is 3.45. The van der Waals surface area contributed by atoms with E-state index in [0.717, 1.165) is 28.7 Å². The van der Waals surface area contributed by atoms with E-state index in [1.54, 1.807) is 0 Å². The van der Waals surface area contributed by atoms with Crippen LogP contribution in [-0.2, 0) is 4.74 Å². The molecule has 1 aromatic carbocycles. The fourth-order valence-corrected chi connectivity index (χ4v) is 2.45. The Bertz CT molecular complexity index is 483. The highest BCUT2D eigenvalue weighted by Crippen LogP contribution is 2.32. The zero-order valence-electron chi connectivity index (χ0n) is 11.4. The molecule has 2 rings (SSSR count). The van der Waals surface area contributed by atoms with Crippen molar-refractivity contribution in [2.45, 2.75) is 38.8 Å². The molecule has 2 N–H and O–H groups in total. The number of carbonyl (C=O) groups is 1. The van der Waals surface area contributed by atoms with Crippen molar-refractivity contribution in [2.24, 2.45) is 0 Å². The van der Waals surface area contributed by atoms with E-state index < -0.39 is 5.60 Å². The van der Waals surface area contributed by atoms with Crippen LogP contribution >= 0.6 is 15.9 Å². The SMILES string of the molecule is CC(C)(C)OC(=O)NC1CCNc2cc(Br)ccc21. The predicted molar refractivity (Wildman–Crippen MR) is 79.4 cm³/mol. The van der Waals surface area contributed by atoms with Gasteiger partial charge < -0.3 is 15.4 Å². The van der Waals surface area contributed by atoms with Gasteiger partial charge in [0.1, 0.15) is 5.60 Å². The second-order valence-electron chi connectivity index (χ2n) is 5.65. The maximum Gasteiger partial charge on any atom is 0.408 e. The number of carbonyl (C=O) groups excluding carboxylic acids is 1. The molecular weight excluding hydrogens is 308 g/mol. The molecule has 0 fully saturated rings. The van der Waals surface area contributed by atoms with Crippen molar-refractivity contribution < 1.29 is 9.53 Å². The summed E-state index contributed by atoms with van der Waals surface area (Å²) in [6, 6.07) is 6.03. The van der Waals surface area contributed by atoms with Gasteiger partial charge in [0.25, 0.3) is 0 Å². The van der Waals surface area contributed by atoms with Crippen LogP contribution < -0.4 is 10.6 Å². The Kier molecular flexibility index (Phi) is 4.04. The van der Waals surface area contributed by atoms with Gasteiger partial charge in [0.2, 0.25) is 0 Å². The van der Waals surface area contributed by atoms with Crippen molar-refractivity contribution in [2.75, 3.05) is 11.9 Å². The average Bonchev–Trinajstić information content (AvgIpc) is 2.26. The van der Waals surface area contributed by atoms with E-state index in [1.807, 2.05) is 39.0 Å². The fraction of sp³-hybridized carbons (Fsp3) is 0.500. The number of hydrogen-bond donors (Lipinski definition) is 2. The first kappa shape index (κ1) is 14.2. The van der Waals surface area contributed by atoms with E-state index in [9.17, 15) is 4.79 Å². The summed E-state index contributed by atoms with van der Waals surface area (Å²) in [6.07, 6.45) is 0.488. The van der Waals surface area contributed by atoms with Crippen LogP contribution in [0.25, 0.3) is 0 Å². The van der Waals surface area contributed by atoms with Crippen LogP contribution in [0.1, 0.15) is 38.8 Å². The first-order valence-corrected chi connectivity index (χ1v) is 7.17. The molecule has 0 spiro atoms. The van der Waals surface area contributed by atoms with Crippen LogP contribution in [0.2, 0.25) is 0 Å². The number of ether oxygens (including phenoxy) is 1. The molecule has 19 heavy (non-hydrogen) atoms. The van der Waals surface area contributed by atoms with Gasteiger partial charge in [0.05, 0.1) is 6.04 Å². The summed E-state index contributed by atoms with van der Waals surface area (Å²) < 4.78 is 6.32. The van der Waals surface area contributed by atoms with Gasteiger partial charge in [-0.1, -0.05) is 22.0 Å². The van der Waals surface area contributed by atoms with Gasteiger partial charge in [-0.15, -0.1) is 0 Å². The van der Waals surface area contributed by atoms with Crippen LogP contribution in [0.5, 0.6) is 0 Å². The molecule has 0 radical (unpaired) electrons. The zero-order valence-corrected chi connectivity index (χ0v) is 13.0. The maximum absolute atomic E-state index is 11.8. The van der Waals surface area contributed by atoms with Crippen molar-refractivity contribution in [3.8, 4) is 0 Å². The minimum absolute atomic E-state index is 0.000741. The Morgan fingerprint density at radius 1 is 1.47 bits per heavy atom. The van der Waals surface area contributed by atoms with E-state index in [0.29, 0.717) is 0 Å². The first-order valence-electron chi connectivity index (χ1n) is 6.38. The molecule has 1 heterocycles. The lowest BCUT2D eigenvalue weighted by Crippen LogP contribution is -2.37. The van der Waals surface area contributed by atoms with E-state index in [-0.39, 0.29) is 12.1 Å². The van der Waals surface area contributed by atoms with Gasteiger partial charge in [-0.2, -0.15) is 0 Å². The summed E-state index contributed by atoms with van der Waals surface area (Å²) in [5.41, 5.74) is 1.68. The summed E-state index contributed by atoms with van der Waals surface area (Å²) in [6.45, 7) is 6.42. The summed E-state index contributed by atoms with van der Waals surface area (Å²) in [7, 11) is 0. The molecule has 1 amide bonds. The molecule has 5 heteroatoms. The predicted octanol–water partition coefficient (Wildman–Crippen LogP) is 3.83. The maximum atomic E-state index is 11.8. The standard InChI is InChI=1S/C14H19BrN2O2/c1-14(2,3)19-13(18)17-11-6-7-16-12-8-9(15)4-5-10(11)12/h4-5,8,11,16H,6-7H2,1-3H3,(H,17,18). The van der Waals surface area contributed by atoms with Crippen molar-refractivity contribution in [1.29, 1.82) is 0 Å². The van der Waals surface area contributed by atoms with Crippen molar-refractivity contribution >= 4 is 27.7 Å². The lowest BCUT2D eigenvalue weighted by molar-refractivity contribution is 0.0501. The molecule has 1 aliphatic heterocycles. The molecule has 1 unspecified atom stereocenters. The Morgan fingerprint density at radius 3 is 2.89 bits per heavy atom. The average molecular weight is 327 g/mol. The van der Waals surface area contributed by atoms with E-state index in [4.69, 9.17) is 4.74 Å². The molecule has 104 valence electrons. The molecule has 4 nitrogen and oxygen atoms in total. The molecule has 0 saturated heterocycles. The number of anilines is 1. The van der Waals surface area contributed by atoms with Crippen LogP contribution in [0, 0.1) is 0 Å². The van der Waals surface area contributed by atoms with Gasteiger partial charge in [-0.25, -0.2) is 4.79 Å². The summed E-state index contributed by atoms with van der Waals surface area (Å²) in [4.78, 5) is 11.8. The molecule has 1 atom stereocenters. The van der Waals surface area contributed by atoms with Gasteiger partial charge in [0, 0.05) is 16.7 Å². The van der Waals surface area contributed by atoms with E-state index >= 15 is 0 Å². The lowest BCUT2D eigenvalue weighted by atomic mass is 9.98. The number of amides is 1. The number of benzene rings is 1. The second-order valence-corrected chi connectivity index (χ2v) is 6.56. The Balaban J connectivity index is 2.09. The highest BCUT2D eigenvalue weighted by Gasteiger charge is 2.24. The normalized spacial score (nSPS) is 18.2. The molecule has 1 aromatic rings. The smallest absolute Gasteiger partial charge is 0.408 e. The van der Waals surface area contributed by atoms with Gasteiger partial charge in [-0.05, 0) is 44.9 Å². The molecule has 0 bridgehead atoms. The minimum Gasteiger partial charge on any atom is -0.444 e. The lowest BCUT2D eigenvalue weighted by Gasteiger charge is -2.29.